The van der Waals surface area contributed by atoms with Crippen LogP contribution in [0.2, 0.25) is 18.1 Å². The molecular formula is C16H33O4PSi. The SMILES string of the molecule is C=C(C=CP(=O)(O)OC(C)CC)CCO[Si](C)(C)C(C)(C)C. The first-order chi connectivity index (χ1) is 9.81. The molecule has 0 saturated carbocycles. The maximum atomic E-state index is 11.8. The van der Waals surface area contributed by atoms with E-state index in [1.54, 1.807) is 13.0 Å². The molecule has 2 atom stereocenters. The third kappa shape index (κ3) is 8.44. The molecule has 1 N–H and O–H groups in total. The molecule has 0 saturated heterocycles. The fourth-order valence-corrected chi connectivity index (χ4v) is 3.48. The highest BCUT2D eigenvalue weighted by molar-refractivity contribution is 7.56. The summed E-state index contributed by atoms with van der Waals surface area (Å²) in [5, 5.41) is 0.176. The average Bonchev–Trinajstić information content (AvgIpc) is 2.34. The minimum absolute atomic E-state index is 0.176. The molecule has 0 fully saturated rings. The van der Waals surface area contributed by atoms with Gasteiger partial charge in [-0.2, -0.15) is 0 Å². The highest BCUT2D eigenvalue weighted by atomic mass is 31.2. The molecule has 4 nitrogen and oxygen atoms in total. The first-order valence-electron chi connectivity index (χ1n) is 7.82. The van der Waals surface area contributed by atoms with E-state index in [4.69, 9.17) is 8.95 Å². The molecule has 0 rings (SSSR count). The molecule has 0 aliphatic heterocycles. The molecule has 130 valence electrons. The summed E-state index contributed by atoms with van der Waals surface area (Å²) in [6.07, 6.45) is 2.67. The van der Waals surface area contributed by atoms with Crippen molar-refractivity contribution in [2.75, 3.05) is 6.61 Å². The molecule has 0 aromatic rings. The highest BCUT2D eigenvalue weighted by Gasteiger charge is 2.36. The van der Waals surface area contributed by atoms with Crippen molar-refractivity contribution in [1.29, 1.82) is 0 Å². The second kappa shape index (κ2) is 8.60. The van der Waals surface area contributed by atoms with E-state index in [9.17, 15) is 9.46 Å². The van der Waals surface area contributed by atoms with Gasteiger partial charge in [-0.25, -0.2) is 0 Å². The lowest BCUT2D eigenvalue weighted by Crippen LogP contribution is -2.40. The monoisotopic (exact) mass is 348 g/mol. The summed E-state index contributed by atoms with van der Waals surface area (Å²) in [7, 11) is -5.44. The van der Waals surface area contributed by atoms with E-state index in [-0.39, 0.29) is 11.1 Å². The fraction of sp³-hybridized carbons (Fsp3) is 0.750. The molecule has 0 bridgehead atoms. The van der Waals surface area contributed by atoms with Gasteiger partial charge in [0.1, 0.15) is 0 Å². The van der Waals surface area contributed by atoms with Gasteiger partial charge in [0.2, 0.25) is 0 Å². The Morgan fingerprint density at radius 2 is 1.95 bits per heavy atom. The summed E-state index contributed by atoms with van der Waals surface area (Å²) in [5.41, 5.74) is 0.765. The van der Waals surface area contributed by atoms with Crippen LogP contribution in [0.15, 0.2) is 24.0 Å². The molecule has 0 aromatic heterocycles. The summed E-state index contributed by atoms with van der Waals surface area (Å²) in [5.74, 6) is 1.22. The van der Waals surface area contributed by atoms with E-state index < -0.39 is 15.9 Å². The molecule has 22 heavy (non-hydrogen) atoms. The quantitative estimate of drug-likeness (QED) is 0.341. The summed E-state index contributed by atoms with van der Waals surface area (Å²) in [6, 6.07) is 0. The standard InChI is InChI=1S/C16H33O4PSi/c1-9-15(3)20-21(17,18)13-11-14(2)10-12-19-22(7,8)16(4,5)6/h11,13,15H,2,9-10,12H2,1,3-8H3,(H,17,18). The minimum Gasteiger partial charge on any atom is -0.416 e. The van der Waals surface area contributed by atoms with Gasteiger partial charge in [0.05, 0.1) is 6.10 Å². The summed E-state index contributed by atoms with van der Waals surface area (Å²) >= 11 is 0. The normalized spacial score (nSPS) is 17.5. The van der Waals surface area contributed by atoms with Crippen LogP contribution in [-0.2, 0) is 13.5 Å². The average molecular weight is 348 g/mol. The van der Waals surface area contributed by atoms with Gasteiger partial charge in [-0.3, -0.25) is 4.57 Å². The predicted molar refractivity (Wildman–Crippen MR) is 96.7 cm³/mol. The number of allylic oxidation sites excluding steroid dienone is 1. The maximum Gasteiger partial charge on any atom is 0.351 e. The molecule has 0 radical (unpaired) electrons. The highest BCUT2D eigenvalue weighted by Crippen LogP contribution is 2.45. The van der Waals surface area contributed by atoms with Crippen molar-refractivity contribution in [3.05, 3.63) is 24.0 Å². The largest absolute Gasteiger partial charge is 0.416 e. The minimum atomic E-state index is -3.68. The first kappa shape index (κ1) is 21.8. The lowest BCUT2D eigenvalue weighted by atomic mass is 10.2. The maximum absolute atomic E-state index is 11.8. The molecule has 0 heterocycles. The van der Waals surface area contributed by atoms with Gasteiger partial charge in [0.15, 0.2) is 8.32 Å². The topological polar surface area (TPSA) is 55.8 Å². The van der Waals surface area contributed by atoms with Crippen molar-refractivity contribution in [2.45, 2.75) is 71.7 Å². The fourth-order valence-electron chi connectivity index (χ4n) is 1.30. The third-order valence-corrected chi connectivity index (χ3v) is 9.82. The van der Waals surface area contributed by atoms with Crippen molar-refractivity contribution in [2.24, 2.45) is 0 Å². The molecule has 0 spiro atoms. The molecule has 2 unspecified atom stereocenters. The van der Waals surface area contributed by atoms with Gasteiger partial charge >= 0.3 is 7.60 Å². The van der Waals surface area contributed by atoms with Crippen LogP contribution in [0.3, 0.4) is 0 Å². The van der Waals surface area contributed by atoms with Crippen LogP contribution >= 0.6 is 7.60 Å². The van der Waals surface area contributed by atoms with Crippen LogP contribution in [0.4, 0.5) is 0 Å². The second-order valence-corrected chi connectivity index (χ2v) is 13.7. The number of hydrogen-bond donors (Lipinski definition) is 1. The van der Waals surface area contributed by atoms with Crippen molar-refractivity contribution >= 4 is 15.9 Å². The van der Waals surface area contributed by atoms with Gasteiger partial charge < -0.3 is 13.8 Å². The Kier molecular flexibility index (Phi) is 8.53. The van der Waals surface area contributed by atoms with Crippen LogP contribution in [0.25, 0.3) is 0 Å². The van der Waals surface area contributed by atoms with Gasteiger partial charge in [-0.1, -0.05) is 45.9 Å². The lowest BCUT2D eigenvalue weighted by molar-refractivity contribution is 0.191. The molecule has 0 amide bonds. The lowest BCUT2D eigenvalue weighted by Gasteiger charge is -2.36. The third-order valence-electron chi connectivity index (χ3n) is 4.10. The number of hydrogen-bond acceptors (Lipinski definition) is 3. The number of rotatable bonds is 9. The Morgan fingerprint density at radius 3 is 2.41 bits per heavy atom. The van der Waals surface area contributed by atoms with Crippen LogP contribution in [0.5, 0.6) is 0 Å². The van der Waals surface area contributed by atoms with E-state index >= 15 is 0 Å². The molecule has 0 aliphatic carbocycles. The predicted octanol–water partition coefficient (Wildman–Crippen LogP) is 5.47. The zero-order valence-electron chi connectivity index (χ0n) is 15.2. The summed E-state index contributed by atoms with van der Waals surface area (Å²) < 4.78 is 23.0. The van der Waals surface area contributed by atoms with Crippen LogP contribution < -0.4 is 0 Å². The molecule has 0 aromatic carbocycles. The van der Waals surface area contributed by atoms with E-state index in [2.05, 4.69) is 40.4 Å². The molecular weight excluding hydrogens is 315 g/mol. The van der Waals surface area contributed by atoms with Crippen molar-refractivity contribution in [1.82, 2.24) is 0 Å². The molecule has 6 heteroatoms. The summed E-state index contributed by atoms with van der Waals surface area (Å²) in [6.45, 7) is 19.2. The Morgan fingerprint density at radius 1 is 1.41 bits per heavy atom. The van der Waals surface area contributed by atoms with Crippen LogP contribution in [0, 0.1) is 0 Å². The first-order valence-corrected chi connectivity index (χ1v) is 12.4. The molecule has 0 aliphatic rings. The Bertz CT molecular complexity index is 438. The summed E-state index contributed by atoms with van der Waals surface area (Å²) in [4.78, 5) is 9.71. The smallest absolute Gasteiger partial charge is 0.351 e. The Labute approximate surface area is 137 Å². The zero-order chi connectivity index (χ0) is 17.6. The van der Waals surface area contributed by atoms with Crippen LogP contribution in [0.1, 0.15) is 47.5 Å². The van der Waals surface area contributed by atoms with Crippen LogP contribution in [-0.4, -0.2) is 25.9 Å². The van der Waals surface area contributed by atoms with Crippen molar-refractivity contribution in [3.8, 4) is 0 Å². The van der Waals surface area contributed by atoms with Crippen molar-refractivity contribution < 1.29 is 18.4 Å². The van der Waals surface area contributed by atoms with E-state index in [0.717, 1.165) is 5.57 Å². The van der Waals surface area contributed by atoms with Gasteiger partial charge in [0.25, 0.3) is 0 Å². The van der Waals surface area contributed by atoms with Gasteiger partial charge in [0, 0.05) is 12.4 Å². The van der Waals surface area contributed by atoms with E-state index in [0.29, 0.717) is 19.4 Å². The van der Waals surface area contributed by atoms with E-state index in [1.807, 2.05) is 6.92 Å². The Balaban J connectivity index is 4.36. The second-order valence-electron chi connectivity index (χ2n) is 7.22. The Hall–Kier alpha value is -0.193. The zero-order valence-corrected chi connectivity index (χ0v) is 17.1. The van der Waals surface area contributed by atoms with Gasteiger partial charge in [-0.15, -0.1) is 0 Å². The van der Waals surface area contributed by atoms with Crippen molar-refractivity contribution in [3.63, 3.8) is 0 Å². The van der Waals surface area contributed by atoms with Gasteiger partial charge in [-0.05, 0) is 37.9 Å². The van der Waals surface area contributed by atoms with E-state index in [1.165, 1.54) is 5.82 Å².